The van der Waals surface area contributed by atoms with Gasteiger partial charge in [-0.1, -0.05) is 41.4 Å². The lowest BCUT2D eigenvalue weighted by molar-refractivity contribution is -0.140. The van der Waals surface area contributed by atoms with Crippen LogP contribution in [0, 0.1) is 11.2 Å². The van der Waals surface area contributed by atoms with Gasteiger partial charge in [0.05, 0.1) is 18.4 Å². The number of carbonyl (C=O) groups excluding carboxylic acids is 1. The number of carboxylic acids is 1. The highest BCUT2D eigenvalue weighted by molar-refractivity contribution is 6.32. The summed E-state index contributed by atoms with van der Waals surface area (Å²) in [4.78, 5) is 26.2. The Balaban J connectivity index is 1.82. The number of nitrogens with one attached hydrogen (secondary N) is 2. The van der Waals surface area contributed by atoms with Crippen molar-refractivity contribution in [2.45, 2.75) is 35.8 Å². The number of alkyl halides is 2. The number of aliphatic carboxylic acids is 1. The molecular formula is C23H19Cl2F3N2O3. The van der Waals surface area contributed by atoms with Crippen molar-refractivity contribution in [3.05, 3.63) is 63.4 Å². The van der Waals surface area contributed by atoms with E-state index in [4.69, 9.17) is 23.2 Å². The predicted octanol–water partition coefficient (Wildman–Crippen LogP) is 4.62. The number of halogens is 5. The number of amides is 1. The number of benzene rings is 2. The van der Waals surface area contributed by atoms with Crippen molar-refractivity contribution >= 4 is 40.8 Å². The van der Waals surface area contributed by atoms with Gasteiger partial charge in [-0.3, -0.25) is 23.7 Å². The first kappa shape index (κ1) is 22.5. The molecule has 0 aromatic heterocycles. The van der Waals surface area contributed by atoms with Crippen LogP contribution in [0.2, 0.25) is 10.0 Å². The SMILES string of the molecule is O=C(O)[C@@H]1NC2(CC(CF)(CF)C2)[C@@]2(C(=O)Nc3cc(Cl)ccc32)[C@H]1c1cccc(F)c1Cl. The fourth-order valence-corrected chi connectivity index (χ4v) is 6.76. The molecule has 3 atom stereocenters. The third-order valence-corrected chi connectivity index (χ3v) is 8.14. The summed E-state index contributed by atoms with van der Waals surface area (Å²) in [6, 6.07) is 7.33. The van der Waals surface area contributed by atoms with Gasteiger partial charge in [0.2, 0.25) is 5.91 Å². The molecule has 33 heavy (non-hydrogen) atoms. The Labute approximate surface area is 197 Å². The molecule has 2 aromatic carbocycles. The van der Waals surface area contributed by atoms with Gasteiger partial charge in [0.15, 0.2) is 0 Å². The largest absolute Gasteiger partial charge is 0.480 e. The van der Waals surface area contributed by atoms with Crippen LogP contribution < -0.4 is 10.6 Å². The summed E-state index contributed by atoms with van der Waals surface area (Å²) in [7, 11) is 0. The molecule has 0 radical (unpaired) electrons. The summed E-state index contributed by atoms with van der Waals surface area (Å²) >= 11 is 12.4. The molecule has 5 rings (SSSR count). The van der Waals surface area contributed by atoms with Crippen molar-refractivity contribution in [2.75, 3.05) is 18.7 Å². The fraction of sp³-hybridized carbons (Fsp3) is 0.391. The Kier molecular flexibility index (Phi) is 5.01. The molecule has 2 aromatic rings. The van der Waals surface area contributed by atoms with Crippen molar-refractivity contribution in [1.29, 1.82) is 0 Å². The van der Waals surface area contributed by atoms with Crippen LogP contribution in [0.15, 0.2) is 36.4 Å². The second-order valence-corrected chi connectivity index (χ2v) is 10.1. The maximum absolute atomic E-state index is 14.5. The van der Waals surface area contributed by atoms with Crippen molar-refractivity contribution in [3.8, 4) is 0 Å². The number of rotatable bonds is 4. The van der Waals surface area contributed by atoms with E-state index in [9.17, 15) is 27.9 Å². The predicted molar refractivity (Wildman–Crippen MR) is 117 cm³/mol. The highest BCUT2D eigenvalue weighted by Gasteiger charge is 2.78. The minimum absolute atomic E-state index is 0.115. The first-order chi connectivity index (χ1) is 15.6. The Morgan fingerprint density at radius 1 is 1.15 bits per heavy atom. The van der Waals surface area contributed by atoms with Gasteiger partial charge in [-0.05, 0) is 42.2 Å². The summed E-state index contributed by atoms with van der Waals surface area (Å²) in [5.41, 5.74) is -3.30. The standard InChI is InChI=1S/C23H19Cl2F3N2O3/c24-11-4-5-13-15(6-11)29-20(33)23(13)16(12-2-1-3-14(28)17(12)25)18(19(31)32)30-22(23)7-21(8-22,9-26)10-27/h1-6,16,18,30H,7-10H2,(H,29,33)(H,31,32)/t16-,18+,23+/m0/s1. The molecule has 2 spiro atoms. The van der Waals surface area contributed by atoms with Crippen LogP contribution >= 0.6 is 23.2 Å². The lowest BCUT2D eigenvalue weighted by atomic mass is 9.46. The number of fused-ring (bicyclic) bond motifs is 3. The van der Waals surface area contributed by atoms with Gasteiger partial charge in [0, 0.05) is 27.6 Å². The van der Waals surface area contributed by atoms with E-state index < -0.39 is 59.4 Å². The average molecular weight is 499 g/mol. The monoisotopic (exact) mass is 498 g/mol. The van der Waals surface area contributed by atoms with Crippen molar-refractivity contribution in [2.24, 2.45) is 5.41 Å². The maximum atomic E-state index is 14.5. The zero-order chi connectivity index (χ0) is 23.8. The van der Waals surface area contributed by atoms with Gasteiger partial charge < -0.3 is 10.4 Å². The molecule has 2 heterocycles. The van der Waals surface area contributed by atoms with Crippen LogP contribution in [0.5, 0.6) is 0 Å². The van der Waals surface area contributed by atoms with E-state index in [-0.39, 0.29) is 23.4 Å². The number of anilines is 1. The summed E-state index contributed by atoms with van der Waals surface area (Å²) in [5.74, 6) is -3.75. The Morgan fingerprint density at radius 3 is 2.48 bits per heavy atom. The molecule has 10 heteroatoms. The summed E-state index contributed by atoms with van der Waals surface area (Å²) in [5, 5.41) is 16.0. The van der Waals surface area contributed by atoms with Crippen LogP contribution in [0.25, 0.3) is 0 Å². The van der Waals surface area contributed by atoms with E-state index in [2.05, 4.69) is 10.6 Å². The fourth-order valence-electron chi connectivity index (χ4n) is 6.35. The van der Waals surface area contributed by atoms with Gasteiger partial charge in [-0.15, -0.1) is 0 Å². The van der Waals surface area contributed by atoms with E-state index in [1.807, 2.05) is 0 Å². The number of carboxylic acid groups (broad SMARTS) is 1. The topological polar surface area (TPSA) is 78.4 Å². The van der Waals surface area contributed by atoms with Crippen LogP contribution in [0.1, 0.15) is 29.9 Å². The van der Waals surface area contributed by atoms with Gasteiger partial charge in [0.25, 0.3) is 0 Å². The molecule has 1 saturated carbocycles. The first-order valence-electron chi connectivity index (χ1n) is 10.3. The Hall–Kier alpha value is -2.29. The number of hydrogen-bond acceptors (Lipinski definition) is 3. The van der Waals surface area contributed by atoms with E-state index in [0.29, 0.717) is 16.3 Å². The van der Waals surface area contributed by atoms with Crippen LogP contribution in [0.4, 0.5) is 18.9 Å². The zero-order valence-corrected chi connectivity index (χ0v) is 18.6. The van der Waals surface area contributed by atoms with E-state index >= 15 is 0 Å². The smallest absolute Gasteiger partial charge is 0.321 e. The van der Waals surface area contributed by atoms with Gasteiger partial charge in [0.1, 0.15) is 17.3 Å². The lowest BCUT2D eigenvalue weighted by Gasteiger charge is -2.59. The Bertz CT molecular complexity index is 1180. The number of hydrogen-bond donors (Lipinski definition) is 3. The van der Waals surface area contributed by atoms with Crippen molar-refractivity contribution < 1.29 is 27.9 Å². The third-order valence-electron chi connectivity index (χ3n) is 7.50. The van der Waals surface area contributed by atoms with E-state index in [0.717, 1.165) is 6.07 Å². The molecule has 1 aliphatic carbocycles. The minimum Gasteiger partial charge on any atom is -0.480 e. The van der Waals surface area contributed by atoms with Crippen LogP contribution in [-0.2, 0) is 15.0 Å². The number of carbonyl (C=O) groups is 2. The highest BCUT2D eigenvalue weighted by Crippen LogP contribution is 2.68. The molecule has 5 nitrogen and oxygen atoms in total. The molecule has 3 aliphatic rings. The van der Waals surface area contributed by atoms with Crippen LogP contribution in [0.3, 0.4) is 0 Å². The normalized spacial score (nSPS) is 28.6. The molecule has 1 amide bonds. The second kappa shape index (κ2) is 7.35. The molecule has 3 N–H and O–H groups in total. The molecule has 0 bridgehead atoms. The summed E-state index contributed by atoms with van der Waals surface area (Å²) in [6.07, 6.45) is -0.231. The molecule has 2 fully saturated rings. The minimum atomic E-state index is -1.61. The highest BCUT2D eigenvalue weighted by atomic mass is 35.5. The maximum Gasteiger partial charge on any atom is 0.321 e. The molecule has 174 valence electrons. The van der Waals surface area contributed by atoms with Gasteiger partial charge in [-0.2, -0.15) is 0 Å². The molecule has 2 aliphatic heterocycles. The third kappa shape index (κ3) is 2.77. The lowest BCUT2D eigenvalue weighted by Crippen LogP contribution is -2.70. The first-order valence-corrected chi connectivity index (χ1v) is 11.1. The molecule has 1 saturated heterocycles. The average Bonchev–Trinajstić information content (AvgIpc) is 3.22. The molecule has 0 unspecified atom stereocenters. The van der Waals surface area contributed by atoms with E-state index in [1.165, 1.54) is 18.2 Å². The van der Waals surface area contributed by atoms with Crippen LogP contribution in [-0.4, -0.2) is 41.9 Å². The van der Waals surface area contributed by atoms with Gasteiger partial charge >= 0.3 is 5.97 Å². The quantitative estimate of drug-likeness (QED) is 0.574. The van der Waals surface area contributed by atoms with Gasteiger partial charge in [-0.25, -0.2) is 4.39 Å². The second-order valence-electron chi connectivity index (χ2n) is 9.24. The Morgan fingerprint density at radius 2 is 1.85 bits per heavy atom. The summed E-state index contributed by atoms with van der Waals surface area (Å²) < 4.78 is 42.2. The van der Waals surface area contributed by atoms with Crippen molar-refractivity contribution in [1.82, 2.24) is 5.32 Å². The molecular weight excluding hydrogens is 480 g/mol. The zero-order valence-electron chi connectivity index (χ0n) is 17.1. The van der Waals surface area contributed by atoms with Crippen molar-refractivity contribution in [3.63, 3.8) is 0 Å². The van der Waals surface area contributed by atoms with E-state index in [1.54, 1.807) is 12.1 Å². The summed E-state index contributed by atoms with van der Waals surface area (Å²) in [6.45, 7) is -1.91.